The van der Waals surface area contributed by atoms with Crippen LogP contribution in [0.25, 0.3) is 0 Å². The Balaban J connectivity index is 2.91. The molecule has 1 aliphatic rings. The van der Waals surface area contributed by atoms with Crippen LogP contribution in [0.15, 0.2) is 34.3 Å². The van der Waals surface area contributed by atoms with E-state index < -0.39 is 0 Å². The Bertz CT molecular complexity index is 383. The molecule has 0 spiro atoms. The van der Waals surface area contributed by atoms with Crippen molar-refractivity contribution in [3.05, 3.63) is 34.3 Å². The monoisotopic (exact) mass is 306 g/mol. The van der Waals surface area contributed by atoms with E-state index in [0.29, 0.717) is 11.8 Å². The molecule has 0 saturated carbocycles. The fourth-order valence-electron chi connectivity index (χ4n) is 2.64. The number of allylic oxidation sites excluding steroid dienone is 5. The zero-order valence-electron chi connectivity index (χ0n) is 14.7. The first-order valence-corrected chi connectivity index (χ1v) is 9.78. The van der Waals surface area contributed by atoms with E-state index in [2.05, 4.69) is 64.6 Å². The van der Waals surface area contributed by atoms with Crippen LogP contribution >= 0.6 is 11.8 Å². The summed E-state index contributed by atoms with van der Waals surface area (Å²) in [4.78, 5) is 1.60. The molecule has 1 rings (SSSR count). The van der Waals surface area contributed by atoms with Gasteiger partial charge in [0.1, 0.15) is 0 Å². The minimum absolute atomic E-state index is 0.642. The van der Waals surface area contributed by atoms with Gasteiger partial charge in [0.2, 0.25) is 0 Å². The summed E-state index contributed by atoms with van der Waals surface area (Å²) in [5.41, 5.74) is 3.20. The summed E-state index contributed by atoms with van der Waals surface area (Å²) >= 11 is 2.11. The number of hydrogen-bond donors (Lipinski definition) is 0. The summed E-state index contributed by atoms with van der Waals surface area (Å²) < 4.78 is 0. The van der Waals surface area contributed by atoms with E-state index in [4.69, 9.17) is 0 Å². The summed E-state index contributed by atoms with van der Waals surface area (Å²) in [7, 11) is 0. The Kier molecular flexibility index (Phi) is 9.15. The molecule has 0 radical (unpaired) electrons. The first-order chi connectivity index (χ1) is 10.0. The van der Waals surface area contributed by atoms with Gasteiger partial charge in [0.25, 0.3) is 0 Å². The second-order valence-electron chi connectivity index (χ2n) is 6.80. The Morgan fingerprint density at radius 1 is 1.05 bits per heavy atom. The molecule has 0 unspecified atom stereocenters. The van der Waals surface area contributed by atoms with Crippen LogP contribution in [0.5, 0.6) is 0 Å². The van der Waals surface area contributed by atoms with Crippen molar-refractivity contribution in [2.24, 2.45) is 11.8 Å². The lowest BCUT2D eigenvalue weighted by Gasteiger charge is -2.22. The van der Waals surface area contributed by atoms with Crippen molar-refractivity contribution in [3.63, 3.8) is 0 Å². The molecule has 0 aromatic carbocycles. The van der Waals surface area contributed by atoms with Gasteiger partial charge in [-0.15, -0.1) is 11.8 Å². The molecular weight excluding hydrogens is 272 g/mol. The molecule has 0 heterocycles. The second kappa shape index (κ2) is 10.3. The Morgan fingerprint density at radius 3 is 2.43 bits per heavy atom. The highest BCUT2D eigenvalue weighted by molar-refractivity contribution is 8.03. The van der Waals surface area contributed by atoms with Crippen LogP contribution in [0, 0.1) is 11.8 Å². The zero-order valence-corrected chi connectivity index (χ0v) is 15.6. The van der Waals surface area contributed by atoms with Gasteiger partial charge in [-0.2, -0.15) is 0 Å². The smallest absolute Gasteiger partial charge is 0.0133 e. The summed E-state index contributed by atoms with van der Waals surface area (Å²) in [5.74, 6) is 2.57. The van der Waals surface area contributed by atoms with Gasteiger partial charge in [0, 0.05) is 4.91 Å². The predicted octanol–water partition coefficient (Wildman–Crippen LogP) is 7.14. The fourth-order valence-corrected chi connectivity index (χ4v) is 3.91. The molecule has 0 nitrogen and oxygen atoms in total. The quantitative estimate of drug-likeness (QED) is 0.429. The van der Waals surface area contributed by atoms with Crippen molar-refractivity contribution in [1.29, 1.82) is 0 Å². The third-order valence-electron chi connectivity index (χ3n) is 3.69. The first-order valence-electron chi connectivity index (χ1n) is 8.79. The Hall–Kier alpha value is -0.430. The fraction of sp³-hybridized carbons (Fsp3) is 0.700. The largest absolute Gasteiger partial charge is 0.126 e. The molecule has 0 aliphatic heterocycles. The van der Waals surface area contributed by atoms with Gasteiger partial charge in [-0.25, -0.2) is 0 Å². The summed E-state index contributed by atoms with van der Waals surface area (Å²) in [5, 5.41) is 0. The van der Waals surface area contributed by atoms with Crippen LogP contribution in [0.1, 0.15) is 73.1 Å². The Labute approximate surface area is 137 Å². The lowest BCUT2D eigenvalue weighted by atomic mass is 9.92. The minimum atomic E-state index is 0.642. The van der Waals surface area contributed by atoms with Crippen LogP contribution < -0.4 is 0 Å². The van der Waals surface area contributed by atoms with Crippen molar-refractivity contribution >= 4 is 11.8 Å². The number of rotatable bonds is 8. The summed E-state index contributed by atoms with van der Waals surface area (Å²) in [6, 6.07) is 0. The van der Waals surface area contributed by atoms with Crippen LogP contribution in [0.2, 0.25) is 0 Å². The van der Waals surface area contributed by atoms with E-state index in [0.717, 1.165) is 0 Å². The number of unbranched alkanes of at least 4 members (excludes halogenated alkanes) is 2. The SMILES string of the molecule is CCCCCSC1=C(/C=C/C(C)C)CCC/C1=C\C(C)C. The van der Waals surface area contributed by atoms with Crippen LogP contribution in [-0.2, 0) is 0 Å². The van der Waals surface area contributed by atoms with E-state index in [1.807, 2.05) is 0 Å². The summed E-state index contributed by atoms with van der Waals surface area (Å²) in [6.45, 7) is 11.4. The summed E-state index contributed by atoms with van der Waals surface area (Å²) in [6.07, 6.45) is 15.1. The van der Waals surface area contributed by atoms with Gasteiger partial charge in [0.05, 0.1) is 0 Å². The molecule has 0 N–H and O–H groups in total. The molecule has 0 amide bonds. The molecule has 0 bridgehead atoms. The molecule has 0 atom stereocenters. The van der Waals surface area contributed by atoms with Crippen molar-refractivity contribution < 1.29 is 0 Å². The minimum Gasteiger partial charge on any atom is -0.126 e. The molecule has 21 heavy (non-hydrogen) atoms. The number of hydrogen-bond acceptors (Lipinski definition) is 1. The third-order valence-corrected chi connectivity index (χ3v) is 4.99. The van der Waals surface area contributed by atoms with Crippen LogP contribution in [0.3, 0.4) is 0 Å². The van der Waals surface area contributed by atoms with Gasteiger partial charge < -0.3 is 0 Å². The van der Waals surface area contributed by atoms with Crippen molar-refractivity contribution in [1.82, 2.24) is 0 Å². The molecular formula is C20H34S. The topological polar surface area (TPSA) is 0 Å². The molecule has 0 fully saturated rings. The van der Waals surface area contributed by atoms with Gasteiger partial charge in [0.15, 0.2) is 0 Å². The van der Waals surface area contributed by atoms with Gasteiger partial charge in [-0.05, 0) is 54.4 Å². The molecule has 0 saturated heterocycles. The highest BCUT2D eigenvalue weighted by Gasteiger charge is 2.16. The average molecular weight is 307 g/mol. The maximum Gasteiger partial charge on any atom is 0.0133 e. The van der Waals surface area contributed by atoms with Crippen molar-refractivity contribution in [3.8, 4) is 0 Å². The highest BCUT2D eigenvalue weighted by Crippen LogP contribution is 2.39. The maximum atomic E-state index is 2.49. The van der Waals surface area contributed by atoms with Gasteiger partial charge >= 0.3 is 0 Å². The van der Waals surface area contributed by atoms with E-state index in [1.165, 1.54) is 44.3 Å². The van der Waals surface area contributed by atoms with Gasteiger partial charge in [-0.3, -0.25) is 0 Å². The molecule has 1 heteroatoms. The first kappa shape index (κ1) is 18.6. The van der Waals surface area contributed by atoms with Gasteiger partial charge in [-0.1, -0.05) is 65.7 Å². The average Bonchev–Trinajstić information content (AvgIpc) is 2.42. The Morgan fingerprint density at radius 2 is 1.81 bits per heavy atom. The molecule has 0 aromatic rings. The lowest BCUT2D eigenvalue weighted by molar-refractivity contribution is 0.756. The molecule has 1 aliphatic carbocycles. The zero-order chi connectivity index (χ0) is 15.7. The number of thioether (sulfide) groups is 1. The van der Waals surface area contributed by atoms with Crippen LogP contribution in [0.4, 0.5) is 0 Å². The van der Waals surface area contributed by atoms with E-state index in [-0.39, 0.29) is 0 Å². The van der Waals surface area contributed by atoms with E-state index in [1.54, 1.807) is 16.1 Å². The molecule has 120 valence electrons. The second-order valence-corrected chi connectivity index (χ2v) is 7.91. The molecule has 0 aromatic heterocycles. The van der Waals surface area contributed by atoms with E-state index >= 15 is 0 Å². The predicted molar refractivity (Wildman–Crippen MR) is 99.8 cm³/mol. The van der Waals surface area contributed by atoms with E-state index in [9.17, 15) is 0 Å². The normalized spacial score (nSPS) is 18.7. The lowest BCUT2D eigenvalue weighted by Crippen LogP contribution is -2.02. The third kappa shape index (κ3) is 7.40. The highest BCUT2D eigenvalue weighted by atomic mass is 32.2. The maximum absolute atomic E-state index is 2.49. The van der Waals surface area contributed by atoms with Crippen molar-refractivity contribution in [2.45, 2.75) is 73.1 Å². The van der Waals surface area contributed by atoms with Crippen LogP contribution in [-0.4, -0.2) is 5.75 Å². The standard InChI is InChI=1S/C20H34S/c1-6-7-8-14-21-20-18(13-12-16(2)3)10-9-11-19(20)15-17(4)5/h12-13,15-17H,6-11,14H2,1-5H3/b13-12+,19-15+. The van der Waals surface area contributed by atoms with Crippen molar-refractivity contribution in [2.75, 3.05) is 5.75 Å².